The highest BCUT2D eigenvalue weighted by molar-refractivity contribution is 6.30. The summed E-state index contributed by atoms with van der Waals surface area (Å²) in [5, 5.41) is 14.3. The van der Waals surface area contributed by atoms with Gasteiger partial charge in [0.1, 0.15) is 0 Å². The van der Waals surface area contributed by atoms with Crippen molar-refractivity contribution >= 4 is 23.3 Å². The summed E-state index contributed by atoms with van der Waals surface area (Å²) in [6.07, 6.45) is 0. The molecule has 0 saturated carbocycles. The Labute approximate surface area is 92.1 Å². The highest BCUT2D eigenvalue weighted by Crippen LogP contribution is 2.10. The van der Waals surface area contributed by atoms with Gasteiger partial charge in [-0.2, -0.15) is 0 Å². The van der Waals surface area contributed by atoms with E-state index in [9.17, 15) is 9.90 Å². The van der Waals surface area contributed by atoms with E-state index in [4.69, 9.17) is 11.6 Å². The van der Waals surface area contributed by atoms with Gasteiger partial charge in [-0.25, -0.2) is 0 Å². The molecule has 0 aromatic heterocycles. The van der Waals surface area contributed by atoms with Crippen molar-refractivity contribution in [2.24, 2.45) is 5.16 Å². The lowest BCUT2D eigenvalue weighted by Gasteiger charge is -2.02. The van der Waals surface area contributed by atoms with Crippen molar-refractivity contribution in [3.05, 3.63) is 34.9 Å². The number of nitrogens with zero attached hydrogens (tertiary/aromatic N) is 1. The maximum atomic E-state index is 10.0. The van der Waals surface area contributed by atoms with Gasteiger partial charge in [0.25, 0.3) is 0 Å². The molecular formula is C10H9ClNO3-. The zero-order valence-electron chi connectivity index (χ0n) is 8.07. The molecule has 0 fully saturated rings. The second-order valence-corrected chi connectivity index (χ2v) is 3.27. The van der Waals surface area contributed by atoms with E-state index in [-0.39, 0.29) is 0 Å². The van der Waals surface area contributed by atoms with Gasteiger partial charge in [-0.3, -0.25) is 0 Å². The Kier molecular flexibility index (Phi) is 4.12. The lowest BCUT2D eigenvalue weighted by molar-refractivity contribution is -0.309. The van der Waals surface area contributed by atoms with Gasteiger partial charge in [0, 0.05) is 5.02 Å². The standard InChI is InChI=1S/C10H10ClNO3/c1-7(12-15-6-10(13)14)8-2-4-9(11)5-3-8/h2-5H,6H2,1H3,(H,13,14)/p-1. The summed E-state index contributed by atoms with van der Waals surface area (Å²) in [6, 6.07) is 6.97. The molecule has 4 nitrogen and oxygen atoms in total. The number of carboxylic acids is 1. The fourth-order valence-corrected chi connectivity index (χ4v) is 1.05. The molecule has 0 aliphatic carbocycles. The number of carboxylic acid groups (broad SMARTS) is 1. The fourth-order valence-electron chi connectivity index (χ4n) is 0.926. The molecule has 0 bridgehead atoms. The van der Waals surface area contributed by atoms with Crippen molar-refractivity contribution < 1.29 is 14.7 Å². The lowest BCUT2D eigenvalue weighted by atomic mass is 10.1. The Bertz CT molecular complexity index is 373. The largest absolute Gasteiger partial charge is 0.546 e. The SMILES string of the molecule is CC(=NOCC(=O)[O-])c1ccc(Cl)cc1. The first-order valence-corrected chi connectivity index (χ1v) is 4.59. The van der Waals surface area contributed by atoms with Crippen molar-refractivity contribution in [1.29, 1.82) is 0 Å². The van der Waals surface area contributed by atoms with Gasteiger partial charge in [-0.05, 0) is 24.6 Å². The number of carbonyl (C=O) groups is 1. The summed E-state index contributed by atoms with van der Waals surface area (Å²) in [5.74, 6) is -1.30. The Morgan fingerprint density at radius 3 is 2.60 bits per heavy atom. The Balaban J connectivity index is 2.63. The number of hydrogen-bond acceptors (Lipinski definition) is 4. The van der Waals surface area contributed by atoms with Gasteiger partial charge in [-0.1, -0.05) is 28.9 Å². The number of hydrogen-bond donors (Lipinski definition) is 0. The Hall–Kier alpha value is -1.55. The van der Waals surface area contributed by atoms with Crippen LogP contribution in [0, 0.1) is 0 Å². The average Bonchev–Trinajstić information content (AvgIpc) is 2.18. The number of rotatable bonds is 4. The molecule has 15 heavy (non-hydrogen) atoms. The second-order valence-electron chi connectivity index (χ2n) is 2.83. The maximum Gasteiger partial charge on any atom is 0.156 e. The summed E-state index contributed by atoms with van der Waals surface area (Å²) >= 11 is 5.71. The molecule has 1 aromatic carbocycles. The second kappa shape index (κ2) is 5.36. The molecule has 0 aliphatic rings. The first-order valence-electron chi connectivity index (χ1n) is 4.22. The van der Waals surface area contributed by atoms with Crippen LogP contribution in [0.5, 0.6) is 0 Å². The minimum Gasteiger partial charge on any atom is -0.546 e. The molecule has 0 heterocycles. The quantitative estimate of drug-likeness (QED) is 0.564. The monoisotopic (exact) mass is 226 g/mol. The average molecular weight is 227 g/mol. The van der Waals surface area contributed by atoms with Gasteiger partial charge in [0.05, 0.1) is 11.7 Å². The van der Waals surface area contributed by atoms with Crippen LogP contribution in [0.3, 0.4) is 0 Å². The number of aliphatic carboxylic acids is 1. The Morgan fingerprint density at radius 2 is 2.07 bits per heavy atom. The fraction of sp³-hybridized carbons (Fsp3) is 0.200. The van der Waals surface area contributed by atoms with Crippen LogP contribution in [0.4, 0.5) is 0 Å². The van der Waals surface area contributed by atoms with E-state index >= 15 is 0 Å². The summed E-state index contributed by atoms with van der Waals surface area (Å²) in [5.41, 5.74) is 1.39. The van der Waals surface area contributed by atoms with Crippen molar-refractivity contribution in [1.82, 2.24) is 0 Å². The van der Waals surface area contributed by atoms with Gasteiger partial charge >= 0.3 is 0 Å². The predicted molar refractivity (Wildman–Crippen MR) is 54.6 cm³/mol. The molecule has 0 N–H and O–H groups in total. The van der Waals surface area contributed by atoms with Crippen LogP contribution >= 0.6 is 11.6 Å². The van der Waals surface area contributed by atoms with E-state index in [1.54, 1.807) is 31.2 Å². The third kappa shape index (κ3) is 3.99. The van der Waals surface area contributed by atoms with Gasteiger partial charge in [-0.15, -0.1) is 0 Å². The highest BCUT2D eigenvalue weighted by atomic mass is 35.5. The van der Waals surface area contributed by atoms with Crippen molar-refractivity contribution in [3.8, 4) is 0 Å². The molecule has 0 aliphatic heterocycles. The van der Waals surface area contributed by atoms with Crippen LogP contribution in [0.15, 0.2) is 29.4 Å². The van der Waals surface area contributed by atoms with Crippen LogP contribution < -0.4 is 5.11 Å². The lowest BCUT2D eigenvalue weighted by Crippen LogP contribution is -2.26. The molecule has 5 heteroatoms. The zero-order valence-corrected chi connectivity index (χ0v) is 8.82. The first kappa shape index (κ1) is 11.5. The normalized spacial score (nSPS) is 11.2. The summed E-state index contributed by atoms with van der Waals surface area (Å²) in [7, 11) is 0. The van der Waals surface area contributed by atoms with Gasteiger partial charge in [0.15, 0.2) is 6.61 Å². The van der Waals surface area contributed by atoms with E-state index in [1.165, 1.54) is 0 Å². The molecule has 0 atom stereocenters. The summed E-state index contributed by atoms with van der Waals surface area (Å²) in [4.78, 5) is 14.6. The molecule has 80 valence electrons. The van der Waals surface area contributed by atoms with Crippen LogP contribution in [-0.4, -0.2) is 18.3 Å². The predicted octanol–water partition coefficient (Wildman–Crippen LogP) is 0.831. The van der Waals surface area contributed by atoms with E-state index in [0.29, 0.717) is 10.7 Å². The van der Waals surface area contributed by atoms with Gasteiger partial charge in [0.2, 0.25) is 0 Å². The third-order valence-electron chi connectivity index (χ3n) is 1.65. The number of benzene rings is 1. The van der Waals surface area contributed by atoms with Crippen molar-refractivity contribution in [2.45, 2.75) is 6.92 Å². The number of carbonyl (C=O) groups excluding carboxylic acids is 1. The number of halogens is 1. The van der Waals surface area contributed by atoms with Crippen molar-refractivity contribution in [3.63, 3.8) is 0 Å². The molecule has 1 rings (SSSR count). The van der Waals surface area contributed by atoms with Crippen molar-refractivity contribution in [2.75, 3.05) is 6.61 Å². The van der Waals surface area contributed by atoms with Crippen LogP contribution in [0.1, 0.15) is 12.5 Å². The van der Waals surface area contributed by atoms with Crippen LogP contribution in [0.25, 0.3) is 0 Å². The third-order valence-corrected chi connectivity index (χ3v) is 1.90. The van der Waals surface area contributed by atoms with E-state index in [2.05, 4.69) is 9.99 Å². The highest BCUT2D eigenvalue weighted by Gasteiger charge is 1.97. The Morgan fingerprint density at radius 1 is 1.47 bits per heavy atom. The molecule has 0 saturated heterocycles. The minimum atomic E-state index is -1.30. The first-order chi connectivity index (χ1) is 7.09. The molecule has 1 aromatic rings. The van der Waals surface area contributed by atoms with Crippen LogP contribution in [0.2, 0.25) is 5.02 Å². The van der Waals surface area contributed by atoms with E-state index in [0.717, 1.165) is 5.56 Å². The van der Waals surface area contributed by atoms with Crippen LogP contribution in [-0.2, 0) is 9.63 Å². The number of oxime groups is 1. The molecule has 0 unspecified atom stereocenters. The smallest absolute Gasteiger partial charge is 0.156 e. The molecular weight excluding hydrogens is 218 g/mol. The summed E-state index contributed by atoms with van der Waals surface area (Å²) in [6.45, 7) is 1.16. The van der Waals surface area contributed by atoms with E-state index < -0.39 is 12.6 Å². The summed E-state index contributed by atoms with van der Waals surface area (Å²) < 4.78 is 0. The maximum absolute atomic E-state index is 10.0. The molecule has 0 amide bonds. The molecule has 0 spiro atoms. The minimum absolute atomic E-state index is 0.551. The zero-order chi connectivity index (χ0) is 11.3. The van der Waals surface area contributed by atoms with Gasteiger partial charge < -0.3 is 14.7 Å². The van der Waals surface area contributed by atoms with E-state index in [1.807, 2.05) is 0 Å². The topological polar surface area (TPSA) is 61.7 Å². The molecule has 0 radical (unpaired) electrons.